The molecule has 0 bridgehead atoms. The Hall–Kier alpha value is -2.63. The fourth-order valence-corrected chi connectivity index (χ4v) is 8.36. The Bertz CT molecular complexity index is 1360. The minimum absolute atomic E-state index is 0.0119. The van der Waals surface area contributed by atoms with Gasteiger partial charge in [0.15, 0.2) is 0 Å². The van der Waals surface area contributed by atoms with E-state index in [0.717, 1.165) is 48.8 Å². The summed E-state index contributed by atoms with van der Waals surface area (Å²) < 4.78 is 30.7. The van der Waals surface area contributed by atoms with Crippen molar-refractivity contribution < 1.29 is 31.7 Å². The minimum Gasteiger partial charge on any atom is -0.465 e. The third kappa shape index (κ3) is 19.4. The fraction of sp³-hybridized carbons (Fsp3) is 0.605. The molecule has 1 aliphatic carbocycles. The number of ether oxygens (including phenoxy) is 1. The molecule has 0 aliphatic heterocycles. The summed E-state index contributed by atoms with van der Waals surface area (Å²) in [5.41, 5.74) is 5.39. The molecule has 0 saturated carbocycles. The predicted molar refractivity (Wildman–Crippen MR) is 203 cm³/mol. The number of anilines is 1. The Morgan fingerprint density at radius 1 is 0.714 bits per heavy atom. The molecular formula is C38H55NO7S3. The molecule has 0 fully saturated rings. The molecule has 1 aliphatic rings. The SMILES string of the molecule is CC(=O)OCC1c2ccccc2-c2ccc(NC(=O)CCCCCCCCCCSSCCCCCCCCCCC=O)cc21.O=S(=O)=O. The number of nitrogens with one attached hydrogen (secondary N) is 1. The number of benzene rings is 2. The van der Waals surface area contributed by atoms with E-state index in [-0.39, 0.29) is 17.8 Å². The molecule has 8 nitrogen and oxygen atoms in total. The first-order valence-corrected chi connectivity index (χ1v) is 21.4. The summed E-state index contributed by atoms with van der Waals surface area (Å²) in [6.07, 6.45) is 22.4. The second-order valence-corrected chi connectivity index (χ2v) is 15.6. The van der Waals surface area contributed by atoms with Gasteiger partial charge in [-0.05, 0) is 60.1 Å². The molecule has 0 heterocycles. The molecule has 0 saturated heterocycles. The summed E-state index contributed by atoms with van der Waals surface area (Å²) >= 11 is 0. The Kier molecular flexibility index (Phi) is 23.6. The predicted octanol–water partition coefficient (Wildman–Crippen LogP) is 9.90. The van der Waals surface area contributed by atoms with Crippen molar-refractivity contribution in [3.63, 3.8) is 0 Å². The van der Waals surface area contributed by atoms with Gasteiger partial charge in [-0.15, -0.1) is 12.6 Å². The molecular weight excluding hydrogens is 679 g/mol. The van der Waals surface area contributed by atoms with Crippen LogP contribution in [0.2, 0.25) is 0 Å². The van der Waals surface area contributed by atoms with Crippen LogP contribution in [0, 0.1) is 0 Å². The average Bonchev–Trinajstić information content (AvgIpc) is 3.38. The molecule has 0 radical (unpaired) electrons. The highest BCUT2D eigenvalue weighted by Gasteiger charge is 2.29. The lowest BCUT2D eigenvalue weighted by Crippen LogP contribution is -2.12. The van der Waals surface area contributed by atoms with E-state index in [1.165, 1.54) is 113 Å². The highest BCUT2D eigenvalue weighted by Crippen LogP contribution is 2.45. The summed E-state index contributed by atoms with van der Waals surface area (Å²) in [5, 5.41) is 3.09. The highest BCUT2D eigenvalue weighted by atomic mass is 33.1. The summed E-state index contributed by atoms with van der Waals surface area (Å²) in [4.78, 5) is 34.4. The van der Waals surface area contributed by atoms with Crippen LogP contribution in [-0.4, -0.2) is 48.9 Å². The fourth-order valence-electron chi connectivity index (χ4n) is 6.07. The van der Waals surface area contributed by atoms with Crippen LogP contribution in [-0.2, 0) is 29.7 Å². The van der Waals surface area contributed by atoms with Crippen LogP contribution in [0.1, 0.15) is 140 Å². The zero-order chi connectivity index (χ0) is 35.5. The van der Waals surface area contributed by atoms with E-state index in [1.54, 1.807) is 0 Å². The van der Waals surface area contributed by atoms with Gasteiger partial charge in [0.25, 0.3) is 0 Å². The molecule has 49 heavy (non-hydrogen) atoms. The molecule has 0 spiro atoms. The van der Waals surface area contributed by atoms with Crippen molar-refractivity contribution in [2.75, 3.05) is 23.4 Å². The van der Waals surface area contributed by atoms with Crippen LogP contribution in [0.15, 0.2) is 42.5 Å². The number of esters is 1. The molecule has 11 heteroatoms. The van der Waals surface area contributed by atoms with Gasteiger partial charge in [-0.2, -0.15) is 0 Å². The van der Waals surface area contributed by atoms with Gasteiger partial charge in [-0.1, -0.05) is 129 Å². The topological polar surface area (TPSA) is 124 Å². The number of unbranched alkanes of at least 4 members (excludes halogenated alkanes) is 15. The van der Waals surface area contributed by atoms with E-state index in [9.17, 15) is 14.4 Å². The first-order chi connectivity index (χ1) is 23.8. The van der Waals surface area contributed by atoms with Gasteiger partial charge in [-0.3, -0.25) is 9.59 Å². The van der Waals surface area contributed by atoms with Crippen LogP contribution >= 0.6 is 21.6 Å². The maximum Gasteiger partial charge on any atom is 0.425 e. The molecule has 0 aromatic heterocycles. The standard InChI is InChI=1S/C38H55NO4S2.O3S/c1-31(41)43-30-37-34-22-17-16-21-33(34)35-25-24-32(29-36(35)37)39-38(42)23-15-11-7-3-6-10-14-20-28-45-44-27-19-13-9-5-2-4-8-12-18-26-40;1-4(2)3/h16-17,21-22,24-26,29,37H,2-15,18-20,23,27-28,30H2,1H3,(H,39,42);. The van der Waals surface area contributed by atoms with E-state index in [1.807, 2.05) is 35.1 Å². The van der Waals surface area contributed by atoms with Gasteiger partial charge in [0.1, 0.15) is 12.9 Å². The molecule has 2 aromatic rings. The Morgan fingerprint density at radius 3 is 1.80 bits per heavy atom. The van der Waals surface area contributed by atoms with Crippen LogP contribution in [0.25, 0.3) is 11.1 Å². The maximum absolute atomic E-state index is 12.6. The second-order valence-electron chi connectivity index (χ2n) is 12.5. The van der Waals surface area contributed by atoms with Gasteiger partial charge in [0.2, 0.25) is 5.91 Å². The lowest BCUT2D eigenvalue weighted by atomic mass is 9.97. The number of hydrogen-bond acceptors (Lipinski definition) is 9. The average molecular weight is 734 g/mol. The smallest absolute Gasteiger partial charge is 0.425 e. The van der Waals surface area contributed by atoms with Crippen molar-refractivity contribution in [1.29, 1.82) is 0 Å². The number of hydrogen-bond donors (Lipinski definition) is 1. The van der Waals surface area contributed by atoms with Gasteiger partial charge in [-0.25, -0.2) is 0 Å². The van der Waals surface area contributed by atoms with E-state index >= 15 is 0 Å². The van der Waals surface area contributed by atoms with E-state index in [2.05, 4.69) is 34.3 Å². The van der Waals surface area contributed by atoms with Crippen LogP contribution in [0.4, 0.5) is 5.69 Å². The van der Waals surface area contributed by atoms with Gasteiger partial charge >= 0.3 is 16.6 Å². The Labute approximate surface area is 303 Å². The summed E-state index contributed by atoms with van der Waals surface area (Å²) in [5.74, 6) is 2.32. The van der Waals surface area contributed by atoms with Crippen LogP contribution < -0.4 is 5.32 Å². The number of rotatable bonds is 26. The van der Waals surface area contributed by atoms with Gasteiger partial charge < -0.3 is 14.8 Å². The van der Waals surface area contributed by atoms with E-state index in [4.69, 9.17) is 17.4 Å². The largest absolute Gasteiger partial charge is 0.465 e. The van der Waals surface area contributed by atoms with E-state index < -0.39 is 10.6 Å². The molecule has 1 N–H and O–H groups in total. The quantitative estimate of drug-likeness (QED) is 0.0435. The van der Waals surface area contributed by atoms with Crippen molar-refractivity contribution in [3.8, 4) is 11.1 Å². The lowest BCUT2D eigenvalue weighted by molar-refractivity contribution is -0.141. The molecule has 1 amide bonds. The Morgan fingerprint density at radius 2 is 1.22 bits per heavy atom. The zero-order valence-electron chi connectivity index (χ0n) is 29.1. The molecule has 1 unspecified atom stereocenters. The monoisotopic (exact) mass is 733 g/mol. The van der Waals surface area contributed by atoms with Gasteiger partial charge in [0, 0.05) is 42.9 Å². The van der Waals surface area contributed by atoms with E-state index in [0.29, 0.717) is 13.0 Å². The normalized spacial score (nSPS) is 12.7. The first-order valence-electron chi connectivity index (χ1n) is 17.9. The first kappa shape index (κ1) is 42.5. The molecule has 272 valence electrons. The van der Waals surface area contributed by atoms with Gasteiger partial charge in [0.05, 0.1) is 0 Å². The number of aldehydes is 1. The third-order valence-electron chi connectivity index (χ3n) is 8.55. The van der Waals surface area contributed by atoms with Crippen LogP contribution in [0.5, 0.6) is 0 Å². The second kappa shape index (κ2) is 27.1. The number of amides is 1. The molecule has 3 rings (SSSR count). The zero-order valence-corrected chi connectivity index (χ0v) is 31.6. The molecule has 2 aromatic carbocycles. The van der Waals surface area contributed by atoms with Crippen molar-refractivity contribution in [2.45, 2.75) is 128 Å². The molecule has 1 atom stereocenters. The number of carbonyl (C=O) groups excluding carboxylic acids is 3. The highest BCUT2D eigenvalue weighted by molar-refractivity contribution is 8.76. The number of carbonyl (C=O) groups is 3. The van der Waals surface area contributed by atoms with Crippen molar-refractivity contribution in [3.05, 3.63) is 53.6 Å². The lowest BCUT2D eigenvalue weighted by Gasteiger charge is -2.14. The maximum atomic E-state index is 12.6. The van der Waals surface area contributed by atoms with Crippen molar-refractivity contribution >= 4 is 56.0 Å². The summed E-state index contributed by atoms with van der Waals surface area (Å²) in [6, 6.07) is 14.3. The Balaban J connectivity index is 0.00000197. The summed E-state index contributed by atoms with van der Waals surface area (Å²) in [7, 11) is 0.989. The van der Waals surface area contributed by atoms with Crippen molar-refractivity contribution in [1.82, 2.24) is 0 Å². The van der Waals surface area contributed by atoms with Crippen molar-refractivity contribution in [2.24, 2.45) is 0 Å². The summed E-state index contributed by atoms with van der Waals surface area (Å²) in [6.45, 7) is 1.75. The minimum atomic E-state index is -3.11. The third-order valence-corrected chi connectivity index (χ3v) is 11.1. The number of fused-ring (bicyclic) bond motifs is 3. The van der Waals surface area contributed by atoms with Crippen LogP contribution in [0.3, 0.4) is 0 Å².